The molecule has 0 aliphatic carbocycles. The highest BCUT2D eigenvalue weighted by atomic mass is 16.4. The van der Waals surface area contributed by atoms with E-state index in [1.165, 1.54) is 0 Å². The topological polar surface area (TPSA) is 57.5 Å². The maximum Gasteiger partial charge on any atom is 0.303 e. The minimum absolute atomic E-state index is 0.195. The van der Waals surface area contributed by atoms with Gasteiger partial charge < -0.3 is 10.2 Å². The molecule has 0 aromatic carbocycles. The molecule has 0 saturated heterocycles. The van der Waals surface area contributed by atoms with E-state index < -0.39 is 12.1 Å². The molecule has 0 heterocycles. The van der Waals surface area contributed by atoms with E-state index in [0.29, 0.717) is 12.8 Å². The van der Waals surface area contributed by atoms with Crippen molar-refractivity contribution in [1.82, 2.24) is 0 Å². The van der Waals surface area contributed by atoms with Crippen molar-refractivity contribution in [3.63, 3.8) is 0 Å². The van der Waals surface area contributed by atoms with Gasteiger partial charge in [-0.05, 0) is 38.5 Å². The Bertz CT molecular complexity index is 493. The second-order valence-electron chi connectivity index (χ2n) is 5.55. The van der Waals surface area contributed by atoms with Crippen LogP contribution in [-0.4, -0.2) is 22.3 Å². The van der Waals surface area contributed by atoms with Crippen molar-refractivity contribution in [3.05, 3.63) is 72.9 Å². The van der Waals surface area contributed by atoms with Crippen LogP contribution < -0.4 is 0 Å². The van der Waals surface area contributed by atoms with Gasteiger partial charge in [-0.1, -0.05) is 79.8 Å². The molecule has 0 aromatic rings. The van der Waals surface area contributed by atoms with Crippen molar-refractivity contribution in [1.29, 1.82) is 0 Å². The van der Waals surface area contributed by atoms with Crippen LogP contribution in [0.2, 0.25) is 0 Å². The van der Waals surface area contributed by atoms with Crippen molar-refractivity contribution in [3.8, 4) is 0 Å². The third-order valence-corrected chi connectivity index (χ3v) is 3.20. The van der Waals surface area contributed by atoms with E-state index in [1.807, 2.05) is 30.4 Å². The third kappa shape index (κ3) is 19.8. The normalized spacial score (nSPS) is 14.3. The van der Waals surface area contributed by atoms with Crippen LogP contribution in [0.1, 0.15) is 51.9 Å². The molecule has 1 atom stereocenters. The van der Waals surface area contributed by atoms with Gasteiger partial charge in [0.15, 0.2) is 0 Å². The molecule has 3 nitrogen and oxygen atoms in total. The first-order valence-electron chi connectivity index (χ1n) is 9.00. The molecule has 1 unspecified atom stereocenters. The van der Waals surface area contributed by atoms with E-state index in [2.05, 4.69) is 43.4 Å². The Hall–Kier alpha value is -2.13. The summed E-state index contributed by atoms with van der Waals surface area (Å²) in [5.41, 5.74) is 0. The molecule has 3 heteroatoms. The van der Waals surface area contributed by atoms with Crippen LogP contribution in [0.3, 0.4) is 0 Å². The summed E-state index contributed by atoms with van der Waals surface area (Å²) in [5, 5.41) is 18.2. The zero-order valence-corrected chi connectivity index (χ0v) is 15.3. The van der Waals surface area contributed by atoms with Crippen molar-refractivity contribution < 1.29 is 15.0 Å². The average Bonchev–Trinajstić information content (AvgIpc) is 2.58. The number of carboxylic acid groups (broad SMARTS) is 1. The summed E-state index contributed by atoms with van der Waals surface area (Å²) in [6.45, 7) is 2.08. The van der Waals surface area contributed by atoms with Gasteiger partial charge in [-0.2, -0.15) is 0 Å². The first-order chi connectivity index (χ1) is 12.2. The fourth-order valence-electron chi connectivity index (χ4n) is 1.87. The number of aliphatic hydroxyl groups excluding tert-OH is 1. The van der Waals surface area contributed by atoms with Crippen molar-refractivity contribution >= 4 is 5.97 Å². The predicted molar refractivity (Wildman–Crippen MR) is 106 cm³/mol. The minimum atomic E-state index is -0.754. The second kappa shape index (κ2) is 18.2. The molecule has 0 rings (SSSR count). The molecule has 0 aromatic heterocycles. The van der Waals surface area contributed by atoms with Gasteiger partial charge >= 0.3 is 5.97 Å². The molecule has 0 fully saturated rings. The van der Waals surface area contributed by atoms with Gasteiger partial charge in [-0.25, -0.2) is 0 Å². The van der Waals surface area contributed by atoms with Gasteiger partial charge in [-0.15, -0.1) is 0 Å². The number of carbonyl (C=O) groups is 1. The van der Waals surface area contributed by atoms with Crippen molar-refractivity contribution in [2.45, 2.75) is 58.0 Å². The number of aliphatic carboxylic acids is 1. The zero-order valence-electron chi connectivity index (χ0n) is 15.3. The summed E-state index contributed by atoms with van der Waals surface area (Å²) in [6.07, 6.45) is 28.7. The standard InChI is InChI=1S/C22H32O3/c1-2-3-15-18-21(23)19-16-13-11-9-7-5-4-6-8-10-12-14-17-20-22(24)25/h3,5-8,11-16,19,21,23H,2,4,9-10,17-18,20H2,1H3,(H,24,25)/b7-5-,8-6-,13-11-,14-12-,15-3+,19-16+. The minimum Gasteiger partial charge on any atom is -0.481 e. The van der Waals surface area contributed by atoms with Gasteiger partial charge in [-0.3, -0.25) is 4.79 Å². The molecule has 0 bridgehead atoms. The fourth-order valence-corrected chi connectivity index (χ4v) is 1.87. The fraction of sp³-hybridized carbons (Fsp3) is 0.409. The smallest absolute Gasteiger partial charge is 0.303 e. The maximum absolute atomic E-state index is 10.3. The van der Waals surface area contributed by atoms with Crippen LogP contribution in [0.15, 0.2) is 72.9 Å². The molecule has 0 amide bonds. The van der Waals surface area contributed by atoms with Crippen molar-refractivity contribution in [2.75, 3.05) is 0 Å². The summed E-state index contributed by atoms with van der Waals surface area (Å²) in [6, 6.07) is 0. The second-order valence-corrected chi connectivity index (χ2v) is 5.55. The number of carboxylic acids is 1. The van der Waals surface area contributed by atoms with E-state index in [1.54, 1.807) is 6.08 Å². The zero-order chi connectivity index (χ0) is 18.6. The number of hydrogen-bond donors (Lipinski definition) is 2. The molecule has 2 N–H and O–H groups in total. The summed E-state index contributed by atoms with van der Waals surface area (Å²) < 4.78 is 0. The lowest BCUT2D eigenvalue weighted by atomic mass is 10.2. The summed E-state index contributed by atoms with van der Waals surface area (Å²) in [5.74, 6) is -0.754. The predicted octanol–water partition coefficient (Wildman–Crippen LogP) is 5.52. The van der Waals surface area contributed by atoms with Crippen molar-refractivity contribution in [2.24, 2.45) is 0 Å². The molecule has 0 aliphatic rings. The largest absolute Gasteiger partial charge is 0.481 e. The van der Waals surface area contributed by atoms with E-state index in [9.17, 15) is 9.90 Å². The SMILES string of the molecule is CC/C=C/CC(O)/C=C/C=C\C/C=C\C/C=C\C/C=C\CCC(=O)O. The van der Waals surface area contributed by atoms with Gasteiger partial charge in [0.1, 0.15) is 0 Å². The summed E-state index contributed by atoms with van der Waals surface area (Å²) >= 11 is 0. The van der Waals surface area contributed by atoms with Crippen LogP contribution in [0, 0.1) is 0 Å². The lowest BCUT2D eigenvalue weighted by molar-refractivity contribution is -0.136. The van der Waals surface area contributed by atoms with Crippen LogP contribution in [0.25, 0.3) is 0 Å². The van der Waals surface area contributed by atoms with E-state index in [0.717, 1.165) is 25.7 Å². The Labute approximate surface area is 152 Å². The maximum atomic E-state index is 10.3. The Morgan fingerprint density at radius 2 is 1.44 bits per heavy atom. The molecular formula is C22H32O3. The quantitative estimate of drug-likeness (QED) is 0.322. The van der Waals surface area contributed by atoms with E-state index >= 15 is 0 Å². The highest BCUT2D eigenvalue weighted by Crippen LogP contribution is 1.98. The van der Waals surface area contributed by atoms with Gasteiger partial charge in [0.2, 0.25) is 0 Å². The van der Waals surface area contributed by atoms with Crippen LogP contribution >= 0.6 is 0 Å². The Morgan fingerprint density at radius 3 is 2.04 bits per heavy atom. The molecule has 0 radical (unpaired) electrons. The first kappa shape index (κ1) is 22.9. The first-order valence-corrected chi connectivity index (χ1v) is 9.00. The number of rotatable bonds is 14. The van der Waals surface area contributed by atoms with Gasteiger partial charge in [0.25, 0.3) is 0 Å². The van der Waals surface area contributed by atoms with Crippen LogP contribution in [0.4, 0.5) is 0 Å². The average molecular weight is 344 g/mol. The Kier molecular flexibility index (Phi) is 16.7. The monoisotopic (exact) mass is 344 g/mol. The lowest BCUT2D eigenvalue weighted by Gasteiger charge is -1.98. The Morgan fingerprint density at radius 1 is 0.840 bits per heavy atom. The molecule has 25 heavy (non-hydrogen) atoms. The van der Waals surface area contributed by atoms with E-state index in [-0.39, 0.29) is 6.42 Å². The molecular weight excluding hydrogens is 312 g/mol. The number of allylic oxidation sites excluding steroid dienone is 10. The number of aliphatic hydroxyl groups is 1. The van der Waals surface area contributed by atoms with Gasteiger partial charge in [0.05, 0.1) is 6.10 Å². The van der Waals surface area contributed by atoms with E-state index in [4.69, 9.17) is 5.11 Å². The van der Waals surface area contributed by atoms with Gasteiger partial charge in [0, 0.05) is 6.42 Å². The number of hydrogen-bond acceptors (Lipinski definition) is 2. The highest BCUT2D eigenvalue weighted by Gasteiger charge is 1.92. The van der Waals surface area contributed by atoms with Crippen LogP contribution in [-0.2, 0) is 4.79 Å². The lowest BCUT2D eigenvalue weighted by Crippen LogP contribution is -1.98. The third-order valence-electron chi connectivity index (χ3n) is 3.20. The summed E-state index contributed by atoms with van der Waals surface area (Å²) in [7, 11) is 0. The Balaban J connectivity index is 3.66. The van der Waals surface area contributed by atoms with Crippen LogP contribution in [0.5, 0.6) is 0 Å². The molecule has 138 valence electrons. The molecule has 0 saturated carbocycles. The highest BCUT2D eigenvalue weighted by molar-refractivity contribution is 5.66. The molecule has 0 spiro atoms. The summed E-state index contributed by atoms with van der Waals surface area (Å²) in [4.78, 5) is 10.3. The molecule has 0 aliphatic heterocycles.